The maximum Gasteiger partial charge on any atom is 0.254 e. The quantitative estimate of drug-likeness (QED) is 0.790. The zero-order chi connectivity index (χ0) is 12.0. The van der Waals surface area contributed by atoms with Gasteiger partial charge in [-0.2, -0.15) is 0 Å². The fourth-order valence-corrected chi connectivity index (χ4v) is 2.86. The molecular formula is C13H16N2O2. The van der Waals surface area contributed by atoms with E-state index in [2.05, 4.69) is 12.2 Å². The van der Waals surface area contributed by atoms with Gasteiger partial charge in [0.15, 0.2) is 0 Å². The lowest BCUT2D eigenvalue weighted by Crippen LogP contribution is -2.50. The molecule has 2 aliphatic rings. The molecule has 0 aromatic heterocycles. The number of nitrogens with zero attached hydrogens (tertiary/aromatic N) is 1. The van der Waals surface area contributed by atoms with Gasteiger partial charge >= 0.3 is 0 Å². The minimum absolute atomic E-state index is 0.154. The smallest absolute Gasteiger partial charge is 0.254 e. The molecule has 0 spiro atoms. The van der Waals surface area contributed by atoms with Crippen LogP contribution in [0.25, 0.3) is 0 Å². The number of hydrogen-bond acceptors (Lipinski definition) is 3. The third-order valence-electron chi connectivity index (χ3n) is 3.70. The zero-order valence-electron chi connectivity index (χ0n) is 10.1. The summed E-state index contributed by atoms with van der Waals surface area (Å²) in [7, 11) is 1.65. The lowest BCUT2D eigenvalue weighted by Gasteiger charge is -2.36. The van der Waals surface area contributed by atoms with Gasteiger partial charge in [-0.1, -0.05) is 0 Å². The van der Waals surface area contributed by atoms with Gasteiger partial charge < -0.3 is 15.0 Å². The van der Waals surface area contributed by atoms with Gasteiger partial charge in [0.25, 0.3) is 5.91 Å². The highest BCUT2D eigenvalue weighted by atomic mass is 16.5. The van der Waals surface area contributed by atoms with Crippen molar-refractivity contribution in [2.75, 3.05) is 20.2 Å². The Bertz CT molecular complexity index is 472. The van der Waals surface area contributed by atoms with Gasteiger partial charge in [-0.3, -0.25) is 4.79 Å². The highest BCUT2D eigenvalue weighted by Crippen LogP contribution is 2.38. The summed E-state index contributed by atoms with van der Waals surface area (Å²) in [6.45, 7) is 3.78. The molecule has 1 N–H and O–H groups in total. The van der Waals surface area contributed by atoms with Gasteiger partial charge in [0.05, 0.1) is 13.2 Å². The summed E-state index contributed by atoms with van der Waals surface area (Å²) in [5.41, 5.74) is 1.92. The van der Waals surface area contributed by atoms with Gasteiger partial charge in [0.2, 0.25) is 0 Å². The first-order valence-corrected chi connectivity index (χ1v) is 5.94. The summed E-state index contributed by atoms with van der Waals surface area (Å²) >= 11 is 0. The average Bonchev–Trinajstić information content (AvgIpc) is 2.64. The number of carbonyl (C=O) groups excluding carboxylic acids is 1. The van der Waals surface area contributed by atoms with Gasteiger partial charge in [-0.15, -0.1) is 0 Å². The molecule has 0 radical (unpaired) electrons. The Labute approximate surface area is 101 Å². The Morgan fingerprint density at radius 3 is 3.06 bits per heavy atom. The van der Waals surface area contributed by atoms with Crippen molar-refractivity contribution in [2.24, 2.45) is 0 Å². The van der Waals surface area contributed by atoms with Crippen LogP contribution in [0.3, 0.4) is 0 Å². The number of carbonyl (C=O) groups is 1. The second-order valence-electron chi connectivity index (χ2n) is 4.64. The number of ether oxygens (including phenoxy) is 1. The molecule has 1 saturated heterocycles. The molecule has 2 aliphatic heterocycles. The maximum atomic E-state index is 12.2. The third kappa shape index (κ3) is 1.44. The van der Waals surface area contributed by atoms with Gasteiger partial charge in [-0.05, 0) is 30.7 Å². The minimum Gasteiger partial charge on any atom is -0.497 e. The van der Waals surface area contributed by atoms with E-state index >= 15 is 0 Å². The number of amides is 1. The van der Waals surface area contributed by atoms with Crippen LogP contribution in [0.2, 0.25) is 0 Å². The highest BCUT2D eigenvalue weighted by Gasteiger charge is 2.41. The van der Waals surface area contributed by atoms with E-state index < -0.39 is 0 Å². The molecule has 1 amide bonds. The van der Waals surface area contributed by atoms with Crippen LogP contribution in [-0.2, 0) is 0 Å². The number of hydrogen-bond donors (Lipinski definition) is 1. The van der Waals surface area contributed by atoms with Crippen LogP contribution in [0.1, 0.15) is 28.9 Å². The molecule has 2 unspecified atom stereocenters. The van der Waals surface area contributed by atoms with E-state index in [1.807, 2.05) is 23.1 Å². The molecule has 1 aromatic rings. The second kappa shape index (κ2) is 3.74. The van der Waals surface area contributed by atoms with Gasteiger partial charge in [-0.25, -0.2) is 0 Å². The van der Waals surface area contributed by atoms with Crippen LogP contribution in [0, 0.1) is 0 Å². The summed E-state index contributed by atoms with van der Waals surface area (Å²) in [6.07, 6.45) is 0. The molecule has 0 bridgehead atoms. The molecule has 0 aliphatic carbocycles. The maximum absolute atomic E-state index is 12.2. The van der Waals surface area contributed by atoms with Crippen LogP contribution < -0.4 is 10.1 Å². The van der Waals surface area contributed by atoms with Crippen molar-refractivity contribution < 1.29 is 9.53 Å². The summed E-state index contributed by atoms with van der Waals surface area (Å²) in [6, 6.07) is 6.17. The van der Waals surface area contributed by atoms with Crippen LogP contribution in [-0.4, -0.2) is 37.0 Å². The molecule has 4 heteroatoms. The van der Waals surface area contributed by atoms with Crippen LogP contribution in [0.5, 0.6) is 5.75 Å². The summed E-state index contributed by atoms with van der Waals surface area (Å²) < 4.78 is 5.24. The molecule has 90 valence electrons. The van der Waals surface area contributed by atoms with E-state index in [1.165, 1.54) is 0 Å². The van der Waals surface area contributed by atoms with Crippen molar-refractivity contribution in [1.82, 2.24) is 10.2 Å². The molecule has 0 saturated carbocycles. The number of benzene rings is 1. The lowest BCUT2D eigenvalue weighted by atomic mass is 9.98. The van der Waals surface area contributed by atoms with Crippen molar-refractivity contribution in [1.29, 1.82) is 0 Å². The average molecular weight is 232 g/mol. The topological polar surface area (TPSA) is 41.6 Å². The Morgan fingerprint density at radius 2 is 2.29 bits per heavy atom. The molecule has 3 rings (SSSR count). The van der Waals surface area contributed by atoms with Crippen molar-refractivity contribution in [3.63, 3.8) is 0 Å². The summed E-state index contributed by atoms with van der Waals surface area (Å²) in [4.78, 5) is 14.2. The van der Waals surface area contributed by atoms with Crippen molar-refractivity contribution >= 4 is 5.91 Å². The SMILES string of the molecule is COc1ccc2c(c1)C1C(C)NCCN1C2=O. The first-order chi connectivity index (χ1) is 8.22. The third-order valence-corrected chi connectivity index (χ3v) is 3.70. The standard InChI is InChI=1S/C13H16N2O2/c1-8-12-11-7-9(17-2)3-4-10(11)13(16)15(12)6-5-14-8/h3-4,7-8,12,14H,5-6H2,1-2H3. The fourth-order valence-electron chi connectivity index (χ4n) is 2.86. The zero-order valence-corrected chi connectivity index (χ0v) is 10.1. The Kier molecular flexibility index (Phi) is 2.33. The van der Waals surface area contributed by atoms with Gasteiger partial charge in [0.1, 0.15) is 5.75 Å². The van der Waals surface area contributed by atoms with Crippen LogP contribution in [0.15, 0.2) is 18.2 Å². The predicted molar refractivity (Wildman–Crippen MR) is 64.2 cm³/mol. The number of nitrogens with one attached hydrogen (secondary N) is 1. The molecule has 17 heavy (non-hydrogen) atoms. The highest BCUT2D eigenvalue weighted by molar-refractivity contribution is 5.99. The molecule has 2 atom stereocenters. The predicted octanol–water partition coefficient (Wildman–Crippen LogP) is 1.18. The second-order valence-corrected chi connectivity index (χ2v) is 4.64. The first kappa shape index (κ1) is 10.6. The normalized spacial score (nSPS) is 26.7. The minimum atomic E-state index is 0.154. The van der Waals surface area contributed by atoms with Crippen molar-refractivity contribution in [3.05, 3.63) is 29.3 Å². The van der Waals surface area contributed by atoms with E-state index in [4.69, 9.17) is 4.74 Å². The van der Waals surface area contributed by atoms with E-state index in [-0.39, 0.29) is 11.9 Å². The van der Waals surface area contributed by atoms with Crippen molar-refractivity contribution in [3.8, 4) is 5.75 Å². The first-order valence-electron chi connectivity index (χ1n) is 5.94. The van der Waals surface area contributed by atoms with Crippen molar-refractivity contribution in [2.45, 2.75) is 19.0 Å². The largest absolute Gasteiger partial charge is 0.497 e. The Morgan fingerprint density at radius 1 is 1.47 bits per heavy atom. The molecule has 4 nitrogen and oxygen atoms in total. The van der Waals surface area contributed by atoms with E-state index in [1.54, 1.807) is 7.11 Å². The fraction of sp³-hybridized carbons (Fsp3) is 0.462. The number of rotatable bonds is 1. The van der Waals surface area contributed by atoms with E-state index in [0.717, 1.165) is 30.0 Å². The Hall–Kier alpha value is -1.55. The number of fused-ring (bicyclic) bond motifs is 3. The van der Waals surface area contributed by atoms with Crippen LogP contribution >= 0.6 is 0 Å². The summed E-state index contributed by atoms with van der Waals surface area (Å²) in [5.74, 6) is 0.970. The van der Waals surface area contributed by atoms with E-state index in [0.29, 0.717) is 6.04 Å². The lowest BCUT2D eigenvalue weighted by molar-refractivity contribution is 0.0640. The molecule has 1 aromatic carbocycles. The number of methoxy groups -OCH3 is 1. The van der Waals surface area contributed by atoms with E-state index in [9.17, 15) is 4.79 Å². The molecule has 1 fully saturated rings. The monoisotopic (exact) mass is 232 g/mol. The molecule has 2 heterocycles. The Balaban J connectivity index is 2.10. The van der Waals surface area contributed by atoms with Gasteiger partial charge in [0, 0.05) is 24.7 Å². The summed E-state index contributed by atoms with van der Waals surface area (Å²) in [5, 5.41) is 3.42. The molecular weight excluding hydrogens is 216 g/mol. The number of piperazine rings is 1. The van der Waals surface area contributed by atoms with Crippen LogP contribution in [0.4, 0.5) is 0 Å².